The minimum Gasteiger partial charge on any atom is -0.378 e. The Kier molecular flexibility index (Phi) is 3.15. The molecule has 0 unspecified atom stereocenters. The van der Waals surface area contributed by atoms with E-state index in [2.05, 4.69) is 20.4 Å². The molecule has 2 aromatic heterocycles. The van der Waals surface area contributed by atoms with E-state index in [4.69, 9.17) is 11.6 Å². The molecule has 102 valence electrons. The summed E-state index contributed by atoms with van der Waals surface area (Å²) in [6.45, 7) is 0. The van der Waals surface area contributed by atoms with Crippen molar-refractivity contribution >= 4 is 34.6 Å². The standard InChI is InChI=1S/C13H13ClN6/c1-19(2)10-5-3-9(4-6-10)17-12-7-11(14)18-13-15-8-16-20(12)13/h3-8,17H,1-2H3. The number of hydrogen-bond donors (Lipinski definition) is 1. The van der Waals surface area contributed by atoms with Gasteiger partial charge in [0.25, 0.3) is 5.78 Å². The largest absolute Gasteiger partial charge is 0.378 e. The van der Waals surface area contributed by atoms with Crippen LogP contribution >= 0.6 is 11.6 Å². The lowest BCUT2D eigenvalue weighted by molar-refractivity contribution is 0.947. The number of hydrogen-bond acceptors (Lipinski definition) is 5. The van der Waals surface area contributed by atoms with Gasteiger partial charge in [-0.05, 0) is 24.3 Å². The topological polar surface area (TPSA) is 58.3 Å². The summed E-state index contributed by atoms with van der Waals surface area (Å²) in [6.07, 6.45) is 1.44. The third-order valence-corrected chi connectivity index (χ3v) is 3.07. The predicted octanol–water partition coefficient (Wildman–Crippen LogP) is 2.59. The van der Waals surface area contributed by atoms with Crippen molar-refractivity contribution in [1.82, 2.24) is 19.6 Å². The second kappa shape index (κ2) is 4.97. The van der Waals surface area contributed by atoms with Crippen LogP contribution in [0.5, 0.6) is 0 Å². The first-order chi connectivity index (χ1) is 9.63. The van der Waals surface area contributed by atoms with E-state index in [1.54, 1.807) is 10.6 Å². The molecule has 0 saturated heterocycles. The number of halogens is 1. The van der Waals surface area contributed by atoms with Crippen LogP contribution < -0.4 is 10.2 Å². The highest BCUT2D eigenvalue weighted by Gasteiger charge is 2.06. The van der Waals surface area contributed by atoms with Crippen LogP contribution in [0.2, 0.25) is 5.15 Å². The van der Waals surface area contributed by atoms with Gasteiger partial charge in [-0.3, -0.25) is 0 Å². The summed E-state index contributed by atoms with van der Waals surface area (Å²) in [6, 6.07) is 9.76. The second-order valence-corrected chi connectivity index (χ2v) is 4.89. The molecule has 0 fully saturated rings. The third kappa shape index (κ3) is 2.37. The first-order valence-electron chi connectivity index (χ1n) is 6.04. The first-order valence-corrected chi connectivity index (χ1v) is 6.42. The molecule has 0 atom stereocenters. The van der Waals surface area contributed by atoms with Gasteiger partial charge in [0.2, 0.25) is 0 Å². The highest BCUT2D eigenvalue weighted by molar-refractivity contribution is 6.29. The lowest BCUT2D eigenvalue weighted by atomic mass is 10.2. The van der Waals surface area contributed by atoms with Gasteiger partial charge in [0, 0.05) is 31.5 Å². The molecule has 0 amide bonds. The Labute approximate surface area is 121 Å². The molecular formula is C13H13ClN6. The number of anilines is 3. The van der Waals surface area contributed by atoms with Gasteiger partial charge in [-0.1, -0.05) is 11.6 Å². The van der Waals surface area contributed by atoms with Crippen LogP contribution in [0, 0.1) is 0 Å². The molecule has 2 heterocycles. The smallest absolute Gasteiger partial charge is 0.255 e. The Morgan fingerprint density at radius 2 is 1.95 bits per heavy atom. The average molecular weight is 289 g/mol. The number of nitrogens with one attached hydrogen (secondary N) is 1. The summed E-state index contributed by atoms with van der Waals surface area (Å²) in [4.78, 5) is 10.2. The van der Waals surface area contributed by atoms with E-state index in [9.17, 15) is 0 Å². The number of nitrogens with zero attached hydrogens (tertiary/aromatic N) is 5. The average Bonchev–Trinajstić information content (AvgIpc) is 2.87. The van der Waals surface area contributed by atoms with Crippen molar-refractivity contribution in [3.63, 3.8) is 0 Å². The number of aromatic nitrogens is 4. The van der Waals surface area contributed by atoms with E-state index in [0.29, 0.717) is 10.9 Å². The molecule has 0 bridgehead atoms. The maximum absolute atomic E-state index is 5.97. The van der Waals surface area contributed by atoms with Crippen LogP contribution in [-0.4, -0.2) is 33.7 Å². The van der Waals surface area contributed by atoms with E-state index >= 15 is 0 Å². The Morgan fingerprint density at radius 1 is 1.20 bits per heavy atom. The molecule has 0 saturated carbocycles. The van der Waals surface area contributed by atoms with Crippen LogP contribution in [0.25, 0.3) is 5.78 Å². The molecule has 0 spiro atoms. The fourth-order valence-electron chi connectivity index (χ4n) is 1.86. The maximum atomic E-state index is 5.97. The van der Waals surface area contributed by atoms with Crippen LogP contribution in [0.4, 0.5) is 17.2 Å². The molecule has 0 aliphatic heterocycles. The van der Waals surface area contributed by atoms with Gasteiger partial charge in [-0.25, -0.2) is 0 Å². The van der Waals surface area contributed by atoms with E-state index in [-0.39, 0.29) is 0 Å². The summed E-state index contributed by atoms with van der Waals surface area (Å²) < 4.78 is 1.60. The van der Waals surface area contributed by atoms with E-state index in [1.165, 1.54) is 6.33 Å². The minimum atomic E-state index is 0.373. The zero-order chi connectivity index (χ0) is 14.1. The molecular weight excluding hydrogens is 276 g/mol. The molecule has 1 aromatic carbocycles. The number of rotatable bonds is 3. The van der Waals surface area contributed by atoms with Gasteiger partial charge in [0.15, 0.2) is 0 Å². The normalized spacial score (nSPS) is 10.8. The van der Waals surface area contributed by atoms with Crippen molar-refractivity contribution in [2.45, 2.75) is 0 Å². The first kappa shape index (κ1) is 12.7. The third-order valence-electron chi connectivity index (χ3n) is 2.88. The quantitative estimate of drug-likeness (QED) is 0.751. The summed E-state index contributed by atoms with van der Waals surface area (Å²) in [7, 11) is 4.01. The van der Waals surface area contributed by atoms with Crippen molar-refractivity contribution in [2.24, 2.45) is 0 Å². The fraction of sp³-hybridized carbons (Fsp3) is 0.154. The Balaban J connectivity index is 1.94. The molecule has 6 nitrogen and oxygen atoms in total. The summed E-state index contributed by atoms with van der Waals surface area (Å²) in [5.74, 6) is 1.18. The zero-order valence-electron chi connectivity index (χ0n) is 11.1. The summed E-state index contributed by atoms with van der Waals surface area (Å²) >= 11 is 5.97. The molecule has 3 aromatic rings. The van der Waals surface area contributed by atoms with Gasteiger partial charge < -0.3 is 10.2 Å². The van der Waals surface area contributed by atoms with E-state index in [1.807, 2.05) is 43.3 Å². The van der Waals surface area contributed by atoms with Gasteiger partial charge in [-0.2, -0.15) is 19.6 Å². The molecule has 1 N–H and O–H groups in total. The molecule has 20 heavy (non-hydrogen) atoms. The van der Waals surface area contributed by atoms with Crippen molar-refractivity contribution in [3.8, 4) is 0 Å². The van der Waals surface area contributed by atoms with E-state index in [0.717, 1.165) is 17.2 Å². The van der Waals surface area contributed by atoms with Crippen molar-refractivity contribution in [3.05, 3.63) is 41.8 Å². The lowest BCUT2D eigenvalue weighted by Gasteiger charge is -2.13. The molecule has 0 radical (unpaired) electrons. The SMILES string of the molecule is CN(C)c1ccc(Nc2cc(Cl)nc3ncnn23)cc1. The van der Waals surface area contributed by atoms with Crippen LogP contribution in [0.1, 0.15) is 0 Å². The van der Waals surface area contributed by atoms with Gasteiger partial charge in [0.05, 0.1) is 0 Å². The molecule has 0 aliphatic carbocycles. The number of benzene rings is 1. The summed E-state index contributed by atoms with van der Waals surface area (Å²) in [5.41, 5.74) is 2.07. The Bertz CT molecular complexity index is 734. The van der Waals surface area contributed by atoms with E-state index < -0.39 is 0 Å². The zero-order valence-corrected chi connectivity index (χ0v) is 11.8. The lowest BCUT2D eigenvalue weighted by Crippen LogP contribution is -2.08. The Hall–Kier alpha value is -2.34. The maximum Gasteiger partial charge on any atom is 0.255 e. The number of fused-ring (bicyclic) bond motifs is 1. The second-order valence-electron chi connectivity index (χ2n) is 4.50. The van der Waals surface area contributed by atoms with Crippen LogP contribution in [0.15, 0.2) is 36.7 Å². The van der Waals surface area contributed by atoms with Crippen molar-refractivity contribution in [1.29, 1.82) is 0 Å². The van der Waals surface area contributed by atoms with Crippen molar-refractivity contribution < 1.29 is 0 Å². The summed E-state index contributed by atoms with van der Waals surface area (Å²) in [5, 5.41) is 7.75. The van der Waals surface area contributed by atoms with Gasteiger partial charge in [-0.15, -0.1) is 0 Å². The van der Waals surface area contributed by atoms with Crippen molar-refractivity contribution in [2.75, 3.05) is 24.3 Å². The van der Waals surface area contributed by atoms with Crippen LogP contribution in [0.3, 0.4) is 0 Å². The minimum absolute atomic E-state index is 0.373. The highest BCUT2D eigenvalue weighted by atomic mass is 35.5. The van der Waals surface area contributed by atoms with Crippen LogP contribution in [-0.2, 0) is 0 Å². The highest BCUT2D eigenvalue weighted by Crippen LogP contribution is 2.21. The molecule has 7 heteroatoms. The Morgan fingerprint density at radius 3 is 2.65 bits per heavy atom. The predicted molar refractivity (Wildman–Crippen MR) is 79.8 cm³/mol. The fourth-order valence-corrected chi connectivity index (χ4v) is 2.04. The monoisotopic (exact) mass is 288 g/mol. The van der Waals surface area contributed by atoms with Gasteiger partial charge >= 0.3 is 0 Å². The molecule has 0 aliphatic rings. The molecule has 3 rings (SSSR count). The van der Waals surface area contributed by atoms with Gasteiger partial charge in [0.1, 0.15) is 17.3 Å².